The van der Waals surface area contributed by atoms with Crippen LogP contribution in [-0.4, -0.2) is 101 Å². The number of amidine groups is 1. The Bertz CT molecular complexity index is 554. The van der Waals surface area contributed by atoms with Gasteiger partial charge in [0.25, 0.3) is 24.1 Å². The number of aliphatic hydroxyl groups excluding tert-OH is 1. The number of fused-ring (bicyclic) bond motifs is 1. The lowest BCUT2D eigenvalue weighted by Crippen LogP contribution is -2.62. The number of β-amino-alcohol motifs (C(OH)–C–C–N with tert-alkyl or cyclic N) is 1. The monoisotopic (exact) mass is 338 g/mol. The second kappa shape index (κ2) is 7.85. The van der Waals surface area contributed by atoms with Gasteiger partial charge in [0.05, 0.1) is 0 Å². The van der Waals surface area contributed by atoms with Gasteiger partial charge < -0.3 is 10.0 Å². The minimum atomic E-state index is -0.627. The van der Waals surface area contributed by atoms with Crippen LogP contribution in [-0.2, 0) is 4.79 Å². The molecule has 2 aliphatic rings. The largest absolute Gasteiger partial charge is 0.388 e. The van der Waals surface area contributed by atoms with Crippen molar-refractivity contribution in [1.82, 2.24) is 14.7 Å². The van der Waals surface area contributed by atoms with Crippen molar-refractivity contribution < 1.29 is 19.3 Å². The van der Waals surface area contributed by atoms with E-state index in [1.165, 1.54) is 11.9 Å². The van der Waals surface area contributed by atoms with Gasteiger partial charge in [-0.15, -0.1) is 0 Å². The maximum atomic E-state index is 12.4. The van der Waals surface area contributed by atoms with Crippen LogP contribution in [0.15, 0.2) is 4.99 Å². The molecule has 0 saturated carbocycles. The fourth-order valence-electron chi connectivity index (χ4n) is 3.22. The van der Waals surface area contributed by atoms with Gasteiger partial charge in [-0.3, -0.25) is 14.6 Å². The Kier molecular flexibility index (Phi) is 6.06. The third kappa shape index (κ3) is 3.64. The molecule has 0 radical (unpaired) electrons. The van der Waals surface area contributed by atoms with Crippen molar-refractivity contribution in [1.29, 1.82) is 0 Å². The molecule has 0 aromatic carbocycles. The van der Waals surface area contributed by atoms with Crippen molar-refractivity contribution in [2.45, 2.75) is 38.8 Å². The standard InChI is InChI=1S/C16H28N5O3/c1-5-7-20(8-6-2)9-12(22)10-21-11-17-14-13(21)15(23)19(4)16(24)18(14)3/h11-13,22H,5-10H2,1-4H3/q+1. The lowest BCUT2D eigenvalue weighted by molar-refractivity contribution is -0.539. The van der Waals surface area contributed by atoms with Gasteiger partial charge in [-0.1, -0.05) is 13.8 Å². The third-order valence-corrected chi connectivity index (χ3v) is 4.37. The van der Waals surface area contributed by atoms with E-state index in [4.69, 9.17) is 0 Å². The van der Waals surface area contributed by atoms with Crippen LogP contribution in [0, 0.1) is 0 Å². The number of imide groups is 1. The average molecular weight is 338 g/mol. The topological polar surface area (TPSA) is 79.5 Å². The highest BCUT2D eigenvalue weighted by atomic mass is 16.3. The molecule has 134 valence electrons. The molecule has 1 N–H and O–H groups in total. The minimum Gasteiger partial charge on any atom is -0.388 e. The van der Waals surface area contributed by atoms with Crippen LogP contribution < -0.4 is 0 Å². The minimum absolute atomic E-state index is 0.309. The Morgan fingerprint density at radius 1 is 1.25 bits per heavy atom. The average Bonchev–Trinajstić information content (AvgIpc) is 2.95. The van der Waals surface area contributed by atoms with E-state index in [1.54, 1.807) is 18.0 Å². The number of aliphatic hydroxyl groups is 1. The Balaban J connectivity index is 2.01. The normalized spacial score (nSPS) is 22.0. The van der Waals surface area contributed by atoms with Crippen LogP contribution in [0.1, 0.15) is 26.7 Å². The number of rotatable bonds is 8. The fourth-order valence-corrected chi connectivity index (χ4v) is 3.22. The predicted octanol–water partition coefficient (Wildman–Crippen LogP) is -0.185. The Labute approximate surface area is 143 Å². The zero-order chi connectivity index (χ0) is 17.9. The maximum Gasteiger partial charge on any atom is 0.333 e. The van der Waals surface area contributed by atoms with Crippen molar-refractivity contribution >= 4 is 24.1 Å². The number of nitrogens with zero attached hydrogens (tertiary/aromatic N) is 5. The molecule has 2 aliphatic heterocycles. The fraction of sp³-hybridized carbons (Fsp3) is 0.750. The molecule has 0 aromatic rings. The van der Waals surface area contributed by atoms with Crippen molar-refractivity contribution in [2.24, 2.45) is 4.99 Å². The van der Waals surface area contributed by atoms with Crippen LogP contribution >= 0.6 is 0 Å². The molecule has 2 rings (SSSR count). The second-order valence-electron chi connectivity index (χ2n) is 6.40. The zero-order valence-corrected chi connectivity index (χ0v) is 15.0. The molecule has 0 spiro atoms. The number of hydrogen-bond acceptors (Lipinski definition) is 5. The lowest BCUT2D eigenvalue weighted by atomic mass is 10.1. The molecular formula is C16H28N5O3+. The van der Waals surface area contributed by atoms with Crippen LogP contribution in [0.25, 0.3) is 0 Å². The highest BCUT2D eigenvalue weighted by Crippen LogP contribution is 2.17. The van der Waals surface area contributed by atoms with E-state index in [1.807, 2.05) is 0 Å². The lowest BCUT2D eigenvalue weighted by Gasteiger charge is -2.31. The number of likely N-dealkylation sites (N-methyl/N-ethyl adjacent to an activating group) is 2. The zero-order valence-electron chi connectivity index (χ0n) is 15.0. The van der Waals surface area contributed by atoms with Crippen molar-refractivity contribution in [2.75, 3.05) is 40.3 Å². The summed E-state index contributed by atoms with van der Waals surface area (Å²) < 4.78 is 1.72. The van der Waals surface area contributed by atoms with Crippen molar-refractivity contribution in [3.05, 3.63) is 0 Å². The van der Waals surface area contributed by atoms with Crippen LogP contribution in [0.4, 0.5) is 4.79 Å². The number of carbonyl (C=O) groups is 2. The Morgan fingerprint density at radius 3 is 2.46 bits per heavy atom. The summed E-state index contributed by atoms with van der Waals surface area (Å²) in [5.74, 6) is 0.117. The summed E-state index contributed by atoms with van der Waals surface area (Å²) in [6.45, 7) is 6.99. The number of hydrogen-bond donors (Lipinski definition) is 1. The van der Waals surface area contributed by atoms with Crippen LogP contribution in [0.5, 0.6) is 0 Å². The van der Waals surface area contributed by atoms with Gasteiger partial charge in [0.15, 0.2) is 0 Å². The van der Waals surface area contributed by atoms with Crippen molar-refractivity contribution in [3.63, 3.8) is 0 Å². The molecule has 3 amide bonds. The SMILES string of the molecule is CCCN(CCC)CC(O)C[N+]1=CN=C2C1C(=O)N(C)C(=O)N2C. The van der Waals surface area contributed by atoms with E-state index in [2.05, 4.69) is 23.7 Å². The van der Waals surface area contributed by atoms with E-state index in [0.717, 1.165) is 30.8 Å². The van der Waals surface area contributed by atoms with Gasteiger partial charge in [-0.05, 0) is 30.9 Å². The molecule has 0 bridgehead atoms. The molecule has 8 nitrogen and oxygen atoms in total. The summed E-state index contributed by atoms with van der Waals surface area (Å²) in [5.41, 5.74) is 0. The molecule has 1 saturated heterocycles. The smallest absolute Gasteiger partial charge is 0.333 e. The highest BCUT2D eigenvalue weighted by molar-refractivity contribution is 6.21. The van der Waals surface area contributed by atoms with Gasteiger partial charge in [0.2, 0.25) is 0 Å². The summed E-state index contributed by atoms with van der Waals surface area (Å²) in [4.78, 5) is 33.3. The number of aliphatic imine (C=N–C) groups is 1. The molecular weight excluding hydrogens is 310 g/mol. The van der Waals surface area contributed by atoms with E-state index < -0.39 is 12.1 Å². The van der Waals surface area contributed by atoms with Gasteiger partial charge >= 0.3 is 6.03 Å². The maximum absolute atomic E-state index is 12.4. The van der Waals surface area contributed by atoms with E-state index in [9.17, 15) is 14.7 Å². The molecule has 8 heteroatoms. The summed E-state index contributed by atoms with van der Waals surface area (Å²) in [5, 5.41) is 10.4. The molecule has 24 heavy (non-hydrogen) atoms. The van der Waals surface area contributed by atoms with Gasteiger partial charge in [-0.2, -0.15) is 0 Å². The van der Waals surface area contributed by atoms with Gasteiger partial charge in [0, 0.05) is 20.6 Å². The first kappa shape index (κ1) is 18.5. The Hall–Kier alpha value is -1.80. The number of amides is 3. The number of urea groups is 1. The molecule has 2 unspecified atom stereocenters. The van der Waals surface area contributed by atoms with Crippen molar-refractivity contribution in [3.8, 4) is 0 Å². The quantitative estimate of drug-likeness (QED) is 0.623. The highest BCUT2D eigenvalue weighted by Gasteiger charge is 2.50. The molecule has 0 aliphatic carbocycles. The summed E-state index contributed by atoms with van der Waals surface area (Å²) in [7, 11) is 3.07. The first-order valence-corrected chi connectivity index (χ1v) is 8.53. The van der Waals surface area contributed by atoms with Crippen LogP contribution in [0.2, 0.25) is 0 Å². The Morgan fingerprint density at radius 2 is 1.88 bits per heavy atom. The van der Waals surface area contributed by atoms with Crippen LogP contribution in [0.3, 0.4) is 0 Å². The first-order chi connectivity index (χ1) is 11.4. The molecule has 1 fully saturated rings. The molecule has 2 heterocycles. The second-order valence-corrected chi connectivity index (χ2v) is 6.40. The van der Waals surface area contributed by atoms with E-state index in [0.29, 0.717) is 18.9 Å². The summed E-state index contributed by atoms with van der Waals surface area (Å²) in [6, 6.07) is -1.01. The van der Waals surface area contributed by atoms with Gasteiger partial charge in [0.1, 0.15) is 12.6 Å². The third-order valence-electron chi connectivity index (χ3n) is 4.37. The molecule has 2 atom stereocenters. The summed E-state index contributed by atoms with van der Waals surface area (Å²) >= 11 is 0. The van der Waals surface area contributed by atoms with Gasteiger partial charge in [-0.25, -0.2) is 9.37 Å². The van der Waals surface area contributed by atoms with E-state index >= 15 is 0 Å². The molecule has 0 aromatic heterocycles. The predicted molar refractivity (Wildman–Crippen MR) is 91.4 cm³/mol. The van der Waals surface area contributed by atoms with E-state index in [-0.39, 0.29) is 11.9 Å². The summed E-state index contributed by atoms with van der Waals surface area (Å²) in [6.07, 6.45) is 3.03. The number of carbonyl (C=O) groups excluding carboxylic acids is 2. The first-order valence-electron chi connectivity index (χ1n) is 8.53.